The van der Waals surface area contributed by atoms with E-state index in [0.29, 0.717) is 5.75 Å². The van der Waals surface area contributed by atoms with Crippen LogP contribution in [0.4, 0.5) is 0 Å². The summed E-state index contributed by atoms with van der Waals surface area (Å²) in [5, 5.41) is 2.90. The van der Waals surface area contributed by atoms with E-state index in [2.05, 4.69) is 21.2 Å². The number of aryl methyl sites for hydroxylation is 1. The molecule has 0 saturated heterocycles. The van der Waals surface area contributed by atoms with Crippen molar-refractivity contribution in [1.82, 2.24) is 5.32 Å². The van der Waals surface area contributed by atoms with Crippen molar-refractivity contribution in [3.63, 3.8) is 0 Å². The van der Waals surface area contributed by atoms with Gasteiger partial charge in [0, 0.05) is 6.04 Å². The Bertz CT molecular complexity index is 420. The normalized spacial score (nSPS) is 13.8. The van der Waals surface area contributed by atoms with Crippen LogP contribution in [0.5, 0.6) is 5.75 Å². The second-order valence-electron chi connectivity index (χ2n) is 4.51. The highest BCUT2D eigenvalue weighted by atomic mass is 79.9. The number of halogens is 1. The molecule has 1 aromatic rings. The summed E-state index contributed by atoms with van der Waals surface area (Å²) >= 11 is 3.43. The molecular weight excluding hydrogens is 294 g/mol. The van der Waals surface area contributed by atoms with Crippen LogP contribution in [0.3, 0.4) is 0 Å². The van der Waals surface area contributed by atoms with Gasteiger partial charge in [0.05, 0.1) is 4.47 Å². The fraction of sp³-hybridized carbons (Fsp3) is 0.500. The van der Waals surface area contributed by atoms with E-state index in [1.807, 2.05) is 39.0 Å². The molecule has 18 heavy (non-hydrogen) atoms. The van der Waals surface area contributed by atoms with Crippen LogP contribution >= 0.6 is 15.9 Å². The Morgan fingerprint density at radius 3 is 2.67 bits per heavy atom. The molecule has 0 spiro atoms. The third-order valence-electron chi connectivity index (χ3n) is 2.76. The van der Waals surface area contributed by atoms with Gasteiger partial charge in [-0.1, -0.05) is 13.0 Å². The van der Waals surface area contributed by atoms with Gasteiger partial charge in [-0.2, -0.15) is 0 Å². The predicted octanol–water partition coefficient (Wildman–Crippen LogP) is 3.44. The van der Waals surface area contributed by atoms with E-state index >= 15 is 0 Å². The third kappa shape index (κ3) is 4.33. The lowest BCUT2D eigenvalue weighted by Crippen LogP contribution is -2.41. The summed E-state index contributed by atoms with van der Waals surface area (Å²) in [6, 6.07) is 5.96. The van der Waals surface area contributed by atoms with E-state index in [1.54, 1.807) is 6.92 Å². The second kappa shape index (κ2) is 6.78. The standard InChI is InChI=1S/C14H20BrNO2/c1-5-10(3)16-14(17)11(4)18-13-7-6-9(2)8-12(13)15/h6-8,10-11H,5H2,1-4H3,(H,16,17). The van der Waals surface area contributed by atoms with Gasteiger partial charge in [-0.15, -0.1) is 0 Å². The number of amides is 1. The number of hydrogen-bond donors (Lipinski definition) is 1. The summed E-state index contributed by atoms with van der Waals surface area (Å²) in [4.78, 5) is 11.8. The Balaban J connectivity index is 2.63. The zero-order valence-corrected chi connectivity index (χ0v) is 12.9. The topological polar surface area (TPSA) is 38.3 Å². The van der Waals surface area contributed by atoms with Crippen LogP contribution in [0.15, 0.2) is 22.7 Å². The highest BCUT2D eigenvalue weighted by Gasteiger charge is 2.17. The molecule has 0 fully saturated rings. The van der Waals surface area contributed by atoms with E-state index < -0.39 is 6.10 Å². The molecule has 0 aliphatic carbocycles. The van der Waals surface area contributed by atoms with Gasteiger partial charge in [-0.3, -0.25) is 4.79 Å². The number of nitrogens with one attached hydrogen (secondary N) is 1. The number of rotatable bonds is 5. The van der Waals surface area contributed by atoms with Crippen LogP contribution < -0.4 is 10.1 Å². The number of benzene rings is 1. The molecule has 0 radical (unpaired) electrons. The van der Waals surface area contributed by atoms with Crippen molar-refractivity contribution in [2.75, 3.05) is 0 Å². The largest absolute Gasteiger partial charge is 0.480 e. The van der Waals surface area contributed by atoms with Crippen LogP contribution in [-0.4, -0.2) is 18.1 Å². The minimum absolute atomic E-state index is 0.0863. The minimum atomic E-state index is -0.502. The summed E-state index contributed by atoms with van der Waals surface area (Å²) in [6.45, 7) is 7.77. The van der Waals surface area contributed by atoms with Gasteiger partial charge in [0.25, 0.3) is 5.91 Å². The molecule has 0 heterocycles. The molecule has 2 unspecified atom stereocenters. The maximum atomic E-state index is 11.8. The Hall–Kier alpha value is -1.03. The molecule has 1 rings (SSSR count). The number of carbonyl (C=O) groups is 1. The maximum absolute atomic E-state index is 11.8. The monoisotopic (exact) mass is 313 g/mol. The summed E-state index contributed by atoms with van der Waals surface area (Å²) in [7, 11) is 0. The highest BCUT2D eigenvalue weighted by Crippen LogP contribution is 2.26. The first-order chi connectivity index (χ1) is 8.43. The minimum Gasteiger partial charge on any atom is -0.480 e. The molecule has 2 atom stereocenters. The Kier molecular flexibility index (Phi) is 5.66. The third-order valence-corrected chi connectivity index (χ3v) is 3.38. The van der Waals surface area contributed by atoms with E-state index in [-0.39, 0.29) is 11.9 Å². The summed E-state index contributed by atoms with van der Waals surface area (Å²) < 4.78 is 6.51. The second-order valence-corrected chi connectivity index (χ2v) is 5.37. The Morgan fingerprint density at radius 2 is 2.11 bits per heavy atom. The summed E-state index contributed by atoms with van der Waals surface area (Å²) in [5.41, 5.74) is 1.14. The van der Waals surface area contributed by atoms with E-state index in [4.69, 9.17) is 4.74 Å². The van der Waals surface area contributed by atoms with Crippen LogP contribution in [0.1, 0.15) is 32.8 Å². The van der Waals surface area contributed by atoms with Gasteiger partial charge in [0.1, 0.15) is 5.75 Å². The average Bonchev–Trinajstić information content (AvgIpc) is 2.32. The maximum Gasteiger partial charge on any atom is 0.260 e. The Labute approximate surface area is 117 Å². The van der Waals surface area contributed by atoms with E-state index in [9.17, 15) is 4.79 Å². The van der Waals surface area contributed by atoms with Gasteiger partial charge in [0.15, 0.2) is 6.10 Å². The molecule has 0 aliphatic rings. The van der Waals surface area contributed by atoms with Gasteiger partial charge < -0.3 is 10.1 Å². The predicted molar refractivity (Wildman–Crippen MR) is 76.9 cm³/mol. The molecule has 1 aromatic carbocycles. The molecule has 0 aromatic heterocycles. The molecule has 3 nitrogen and oxygen atoms in total. The fourth-order valence-electron chi connectivity index (χ4n) is 1.41. The lowest BCUT2D eigenvalue weighted by Gasteiger charge is -2.18. The van der Waals surface area contributed by atoms with Crippen molar-refractivity contribution in [2.24, 2.45) is 0 Å². The van der Waals surface area contributed by atoms with Gasteiger partial charge in [0.2, 0.25) is 0 Å². The number of carbonyl (C=O) groups excluding carboxylic acids is 1. The van der Waals surface area contributed by atoms with Crippen LogP contribution in [0.25, 0.3) is 0 Å². The summed E-state index contributed by atoms with van der Waals surface area (Å²) in [6.07, 6.45) is 0.408. The molecule has 0 saturated carbocycles. The molecule has 0 bridgehead atoms. The quantitative estimate of drug-likeness (QED) is 0.904. The summed E-state index contributed by atoms with van der Waals surface area (Å²) in [5.74, 6) is 0.601. The smallest absolute Gasteiger partial charge is 0.260 e. The molecule has 1 amide bonds. The Morgan fingerprint density at radius 1 is 1.44 bits per heavy atom. The molecule has 0 aliphatic heterocycles. The van der Waals surface area contributed by atoms with E-state index in [1.165, 1.54) is 0 Å². The zero-order chi connectivity index (χ0) is 13.7. The molecule has 4 heteroatoms. The zero-order valence-electron chi connectivity index (χ0n) is 11.3. The average molecular weight is 314 g/mol. The number of hydrogen-bond acceptors (Lipinski definition) is 2. The molecule has 1 N–H and O–H groups in total. The van der Waals surface area contributed by atoms with Crippen LogP contribution in [0, 0.1) is 6.92 Å². The van der Waals surface area contributed by atoms with Gasteiger partial charge in [-0.05, 0) is 60.8 Å². The van der Waals surface area contributed by atoms with Crippen molar-refractivity contribution >= 4 is 21.8 Å². The van der Waals surface area contributed by atoms with Crippen molar-refractivity contribution < 1.29 is 9.53 Å². The molecular formula is C14H20BrNO2. The number of ether oxygens (including phenoxy) is 1. The highest BCUT2D eigenvalue weighted by molar-refractivity contribution is 9.10. The first kappa shape index (κ1) is 15.0. The van der Waals surface area contributed by atoms with Crippen molar-refractivity contribution in [2.45, 2.75) is 46.3 Å². The molecule has 100 valence electrons. The van der Waals surface area contributed by atoms with Crippen molar-refractivity contribution in [1.29, 1.82) is 0 Å². The van der Waals surface area contributed by atoms with Crippen LogP contribution in [0.2, 0.25) is 0 Å². The lowest BCUT2D eigenvalue weighted by molar-refractivity contribution is -0.127. The first-order valence-corrected chi connectivity index (χ1v) is 6.96. The first-order valence-electron chi connectivity index (χ1n) is 6.17. The van der Waals surface area contributed by atoms with Crippen LogP contribution in [-0.2, 0) is 4.79 Å². The SMILES string of the molecule is CCC(C)NC(=O)C(C)Oc1ccc(C)cc1Br. The fourth-order valence-corrected chi connectivity index (χ4v) is 1.99. The van der Waals surface area contributed by atoms with Crippen molar-refractivity contribution in [3.8, 4) is 5.75 Å². The lowest BCUT2D eigenvalue weighted by atomic mass is 10.2. The van der Waals surface area contributed by atoms with Gasteiger partial charge >= 0.3 is 0 Å². The van der Waals surface area contributed by atoms with Gasteiger partial charge in [-0.25, -0.2) is 0 Å². The van der Waals surface area contributed by atoms with E-state index in [0.717, 1.165) is 16.5 Å². The van der Waals surface area contributed by atoms with Crippen molar-refractivity contribution in [3.05, 3.63) is 28.2 Å².